The average Bonchev–Trinajstić information content (AvgIpc) is 3.19. The summed E-state index contributed by atoms with van der Waals surface area (Å²) >= 11 is 0. The molecular weight excluding hydrogens is 448 g/mol. The summed E-state index contributed by atoms with van der Waals surface area (Å²) in [6.45, 7) is 0. The molecule has 0 saturated heterocycles. The SMILES string of the molecule is COc1ccccc1C=C1Oc2c(ccc3c2C(c2coc4ccccc4c2=O)CC(=O)O3)C1=O. The molecule has 0 saturated carbocycles. The fraction of sp³-hybridized carbons (Fsp3) is 0.107. The number of carbonyl (C=O) groups excluding carboxylic acids is 2. The predicted molar refractivity (Wildman–Crippen MR) is 127 cm³/mol. The van der Waals surface area contributed by atoms with E-state index >= 15 is 0 Å². The molecule has 0 aliphatic carbocycles. The van der Waals surface area contributed by atoms with E-state index in [-0.39, 0.29) is 34.9 Å². The summed E-state index contributed by atoms with van der Waals surface area (Å²) < 4.78 is 22.6. The van der Waals surface area contributed by atoms with Gasteiger partial charge in [-0.05, 0) is 36.4 Å². The van der Waals surface area contributed by atoms with Gasteiger partial charge in [-0.25, -0.2) is 0 Å². The van der Waals surface area contributed by atoms with E-state index in [2.05, 4.69) is 0 Å². The van der Waals surface area contributed by atoms with E-state index in [1.54, 1.807) is 55.7 Å². The Bertz CT molecular complexity index is 1630. The molecule has 172 valence electrons. The summed E-state index contributed by atoms with van der Waals surface area (Å²) in [4.78, 5) is 39.0. The number of rotatable bonds is 3. The van der Waals surface area contributed by atoms with Gasteiger partial charge in [0, 0.05) is 22.6 Å². The monoisotopic (exact) mass is 466 g/mol. The number of benzene rings is 3. The average molecular weight is 466 g/mol. The second-order valence-corrected chi connectivity index (χ2v) is 8.28. The van der Waals surface area contributed by atoms with Crippen LogP contribution in [0.2, 0.25) is 0 Å². The summed E-state index contributed by atoms with van der Waals surface area (Å²) in [5.74, 6) is -0.254. The molecule has 7 nitrogen and oxygen atoms in total. The molecule has 2 aliphatic rings. The quantitative estimate of drug-likeness (QED) is 0.242. The molecule has 0 N–H and O–H groups in total. The summed E-state index contributed by atoms with van der Waals surface area (Å²) in [5, 5.41) is 0.409. The van der Waals surface area contributed by atoms with Crippen LogP contribution >= 0.6 is 0 Å². The molecule has 1 unspecified atom stereocenters. The van der Waals surface area contributed by atoms with Gasteiger partial charge in [-0.3, -0.25) is 14.4 Å². The number of esters is 1. The third-order valence-corrected chi connectivity index (χ3v) is 6.29. The maximum absolute atomic E-state index is 13.3. The van der Waals surface area contributed by atoms with E-state index < -0.39 is 11.9 Å². The zero-order valence-corrected chi connectivity index (χ0v) is 18.6. The highest BCUT2D eigenvalue weighted by atomic mass is 16.5. The Hall–Kier alpha value is -4.65. The van der Waals surface area contributed by atoms with Crippen LogP contribution < -0.4 is 19.6 Å². The van der Waals surface area contributed by atoms with Crippen LogP contribution in [0, 0.1) is 0 Å². The van der Waals surface area contributed by atoms with Gasteiger partial charge in [0.25, 0.3) is 0 Å². The van der Waals surface area contributed by atoms with Crippen molar-refractivity contribution in [2.75, 3.05) is 7.11 Å². The smallest absolute Gasteiger partial charge is 0.312 e. The molecule has 4 aromatic rings. The number of ether oxygens (including phenoxy) is 3. The van der Waals surface area contributed by atoms with Crippen LogP contribution in [0.15, 0.2) is 81.9 Å². The van der Waals surface area contributed by atoms with Gasteiger partial charge < -0.3 is 18.6 Å². The first-order valence-electron chi connectivity index (χ1n) is 11.0. The second-order valence-electron chi connectivity index (χ2n) is 8.28. The fourth-order valence-corrected chi connectivity index (χ4v) is 4.63. The predicted octanol–water partition coefficient (Wildman–Crippen LogP) is 4.86. The van der Waals surface area contributed by atoms with Crippen LogP contribution in [-0.4, -0.2) is 18.9 Å². The normalized spacial score (nSPS) is 17.6. The Morgan fingerprint density at radius 1 is 0.943 bits per heavy atom. The first kappa shape index (κ1) is 20.9. The van der Waals surface area contributed by atoms with Crippen LogP contribution in [-0.2, 0) is 4.79 Å². The van der Waals surface area contributed by atoms with Crippen molar-refractivity contribution in [1.29, 1.82) is 0 Å². The van der Waals surface area contributed by atoms with Gasteiger partial charge >= 0.3 is 5.97 Å². The number of carbonyl (C=O) groups is 2. The van der Waals surface area contributed by atoms with Crippen molar-refractivity contribution in [1.82, 2.24) is 0 Å². The summed E-state index contributed by atoms with van der Waals surface area (Å²) in [6, 6.07) is 17.3. The van der Waals surface area contributed by atoms with E-state index in [0.29, 0.717) is 39.0 Å². The van der Waals surface area contributed by atoms with Gasteiger partial charge in [0.1, 0.15) is 22.8 Å². The molecule has 35 heavy (non-hydrogen) atoms. The lowest BCUT2D eigenvalue weighted by Gasteiger charge is -2.25. The van der Waals surface area contributed by atoms with Crippen molar-refractivity contribution in [2.24, 2.45) is 0 Å². The van der Waals surface area contributed by atoms with Crippen molar-refractivity contribution in [2.45, 2.75) is 12.3 Å². The molecule has 0 amide bonds. The van der Waals surface area contributed by atoms with Crippen LogP contribution in [0.25, 0.3) is 17.0 Å². The van der Waals surface area contributed by atoms with E-state index in [4.69, 9.17) is 18.6 Å². The maximum atomic E-state index is 13.3. The lowest BCUT2D eigenvalue weighted by atomic mass is 9.85. The molecule has 6 rings (SSSR count). The van der Waals surface area contributed by atoms with E-state index in [1.165, 1.54) is 6.26 Å². The highest BCUT2D eigenvalue weighted by molar-refractivity contribution is 6.15. The lowest BCUT2D eigenvalue weighted by molar-refractivity contribution is -0.135. The van der Waals surface area contributed by atoms with Gasteiger partial charge in [0.15, 0.2) is 11.2 Å². The number of ketones is 1. The Morgan fingerprint density at radius 2 is 1.74 bits per heavy atom. The topological polar surface area (TPSA) is 92.0 Å². The molecule has 1 aromatic heterocycles. The first-order chi connectivity index (χ1) is 17.0. The minimum atomic E-state index is -0.694. The maximum Gasteiger partial charge on any atom is 0.312 e. The highest BCUT2D eigenvalue weighted by Gasteiger charge is 2.39. The zero-order chi connectivity index (χ0) is 24.1. The summed E-state index contributed by atoms with van der Waals surface area (Å²) in [6.07, 6.45) is 2.90. The van der Waals surface area contributed by atoms with Gasteiger partial charge in [-0.15, -0.1) is 0 Å². The molecule has 0 spiro atoms. The Balaban J connectivity index is 1.51. The zero-order valence-electron chi connectivity index (χ0n) is 18.6. The number of para-hydroxylation sites is 2. The third-order valence-electron chi connectivity index (χ3n) is 6.29. The number of methoxy groups -OCH3 is 1. The number of allylic oxidation sites excluding steroid dienone is 1. The highest BCUT2D eigenvalue weighted by Crippen LogP contribution is 2.48. The van der Waals surface area contributed by atoms with Crippen molar-refractivity contribution >= 4 is 28.8 Å². The number of Topliss-reactive ketones (excluding diaryl/α,β-unsaturated/α-hetero) is 1. The van der Waals surface area contributed by atoms with Crippen LogP contribution in [0.5, 0.6) is 17.2 Å². The van der Waals surface area contributed by atoms with Crippen molar-refractivity contribution < 1.29 is 28.2 Å². The second kappa shape index (κ2) is 7.99. The molecule has 7 heteroatoms. The largest absolute Gasteiger partial charge is 0.496 e. The van der Waals surface area contributed by atoms with Gasteiger partial charge in [-0.2, -0.15) is 0 Å². The van der Waals surface area contributed by atoms with E-state index in [9.17, 15) is 14.4 Å². The number of fused-ring (bicyclic) bond motifs is 4. The minimum absolute atomic E-state index is 0.0876. The van der Waals surface area contributed by atoms with E-state index in [0.717, 1.165) is 0 Å². The Kier molecular flexibility index (Phi) is 4.77. The summed E-state index contributed by atoms with van der Waals surface area (Å²) in [7, 11) is 1.55. The van der Waals surface area contributed by atoms with Crippen molar-refractivity contribution in [3.05, 3.63) is 105 Å². The van der Waals surface area contributed by atoms with Gasteiger partial charge in [0.05, 0.1) is 30.7 Å². The van der Waals surface area contributed by atoms with Gasteiger partial charge in [0.2, 0.25) is 5.78 Å². The van der Waals surface area contributed by atoms with Crippen molar-refractivity contribution in [3.63, 3.8) is 0 Å². The molecule has 0 bridgehead atoms. The molecule has 3 aromatic carbocycles. The molecule has 1 atom stereocenters. The van der Waals surface area contributed by atoms with Crippen LogP contribution in [0.4, 0.5) is 0 Å². The molecule has 2 aliphatic heterocycles. The number of hydrogen-bond donors (Lipinski definition) is 0. The third kappa shape index (κ3) is 3.32. The van der Waals surface area contributed by atoms with Crippen molar-refractivity contribution in [3.8, 4) is 17.2 Å². The van der Waals surface area contributed by atoms with Crippen LogP contribution in [0.3, 0.4) is 0 Å². The Morgan fingerprint density at radius 3 is 2.60 bits per heavy atom. The Labute approximate surface area is 199 Å². The van der Waals surface area contributed by atoms with Gasteiger partial charge in [-0.1, -0.05) is 30.3 Å². The molecule has 0 fully saturated rings. The summed E-state index contributed by atoms with van der Waals surface area (Å²) in [5.41, 5.74) is 1.99. The van der Waals surface area contributed by atoms with Crippen LogP contribution in [0.1, 0.15) is 39.4 Å². The standard InChI is InChI=1S/C28H18O7/c1-32-20-8-4-2-6-15(20)12-23-27(31)17-10-11-22-25(28(17)35-23)18(13-24(29)34-22)19-14-33-21-9-5-3-7-16(21)26(19)30/h2-12,14,18H,13H2,1H3. The minimum Gasteiger partial charge on any atom is -0.496 e. The van der Waals surface area contributed by atoms with E-state index in [1.807, 2.05) is 18.2 Å². The first-order valence-corrected chi connectivity index (χ1v) is 11.0. The molecular formula is C28H18O7. The fourth-order valence-electron chi connectivity index (χ4n) is 4.63. The molecule has 3 heterocycles. The lowest BCUT2D eigenvalue weighted by Crippen LogP contribution is -2.25. The molecule has 0 radical (unpaired) electrons. The number of hydrogen-bond acceptors (Lipinski definition) is 7.